The normalized spacial score (nSPS) is 11.6. The molecular formula is C15H19FN6O2. The van der Waals surface area contributed by atoms with E-state index in [1.54, 1.807) is 4.68 Å². The molecule has 0 aliphatic heterocycles. The monoisotopic (exact) mass is 334 g/mol. The van der Waals surface area contributed by atoms with Crippen LogP contribution < -0.4 is 16.0 Å². The van der Waals surface area contributed by atoms with Crippen LogP contribution in [0.4, 0.5) is 9.18 Å². The van der Waals surface area contributed by atoms with Crippen molar-refractivity contribution in [3.63, 3.8) is 0 Å². The molecule has 0 saturated carbocycles. The van der Waals surface area contributed by atoms with Crippen molar-refractivity contribution < 1.29 is 14.0 Å². The van der Waals surface area contributed by atoms with Gasteiger partial charge in [0.15, 0.2) is 5.82 Å². The highest BCUT2D eigenvalue weighted by atomic mass is 19.1. The zero-order valence-electron chi connectivity index (χ0n) is 13.2. The van der Waals surface area contributed by atoms with Crippen molar-refractivity contribution in [2.75, 3.05) is 13.2 Å². The average Bonchev–Trinajstić information content (AvgIpc) is 3.07. The van der Waals surface area contributed by atoms with Gasteiger partial charge in [-0.2, -0.15) is 5.10 Å². The van der Waals surface area contributed by atoms with Gasteiger partial charge in [-0.05, 0) is 19.1 Å². The number of rotatable bonds is 7. The molecule has 2 aromatic rings. The van der Waals surface area contributed by atoms with E-state index in [1.807, 2.05) is 30.3 Å². The van der Waals surface area contributed by atoms with Crippen LogP contribution in [0.25, 0.3) is 5.69 Å². The summed E-state index contributed by atoms with van der Waals surface area (Å²) in [6, 6.07) is 8.08. The van der Waals surface area contributed by atoms with Crippen LogP contribution in [0.15, 0.2) is 36.7 Å². The molecule has 128 valence electrons. The summed E-state index contributed by atoms with van der Waals surface area (Å²) in [7, 11) is 0. The molecule has 0 aliphatic rings. The van der Waals surface area contributed by atoms with Crippen molar-refractivity contribution in [1.82, 2.24) is 30.7 Å². The zero-order valence-corrected chi connectivity index (χ0v) is 13.2. The van der Waals surface area contributed by atoms with E-state index in [0.717, 1.165) is 5.69 Å². The van der Waals surface area contributed by atoms with Crippen LogP contribution in [0.1, 0.15) is 12.7 Å². The number of aromatic nitrogens is 3. The minimum atomic E-state index is -0.774. The molecule has 1 aromatic carbocycles. The maximum Gasteiger partial charge on any atom is 0.315 e. The van der Waals surface area contributed by atoms with Gasteiger partial charge in [-0.1, -0.05) is 18.2 Å². The molecule has 1 atom stereocenters. The Balaban J connectivity index is 1.87. The Kier molecular flexibility index (Phi) is 6.23. The molecular weight excluding hydrogens is 315 g/mol. The van der Waals surface area contributed by atoms with Crippen molar-refractivity contribution in [3.05, 3.63) is 42.5 Å². The lowest BCUT2D eigenvalue weighted by Crippen LogP contribution is -2.48. The molecule has 0 aliphatic carbocycles. The first-order valence-corrected chi connectivity index (χ1v) is 7.44. The molecule has 0 spiro atoms. The topological polar surface area (TPSA) is 101 Å². The third-order valence-corrected chi connectivity index (χ3v) is 3.16. The number of halogens is 1. The Morgan fingerprint density at radius 3 is 2.71 bits per heavy atom. The second kappa shape index (κ2) is 8.61. The Hall–Kier alpha value is -2.97. The van der Waals surface area contributed by atoms with Gasteiger partial charge in [0.05, 0.1) is 12.2 Å². The predicted octanol–water partition coefficient (Wildman–Crippen LogP) is 0.541. The van der Waals surface area contributed by atoms with E-state index in [0.29, 0.717) is 5.82 Å². The van der Waals surface area contributed by atoms with Crippen molar-refractivity contribution in [2.45, 2.75) is 19.5 Å². The van der Waals surface area contributed by atoms with Gasteiger partial charge in [-0.15, -0.1) is 0 Å². The highest BCUT2D eigenvalue weighted by molar-refractivity contribution is 5.86. The quantitative estimate of drug-likeness (QED) is 0.688. The fraction of sp³-hybridized carbons (Fsp3) is 0.333. The van der Waals surface area contributed by atoms with E-state index in [9.17, 15) is 14.0 Å². The highest BCUT2D eigenvalue weighted by Gasteiger charge is 2.15. The van der Waals surface area contributed by atoms with Crippen LogP contribution >= 0.6 is 0 Å². The molecule has 8 nitrogen and oxygen atoms in total. The van der Waals surface area contributed by atoms with Gasteiger partial charge in [0.2, 0.25) is 5.91 Å². The minimum Gasteiger partial charge on any atom is -0.352 e. The number of hydrogen-bond acceptors (Lipinski definition) is 4. The molecule has 0 bridgehead atoms. The largest absolute Gasteiger partial charge is 0.352 e. The molecule has 24 heavy (non-hydrogen) atoms. The molecule has 3 N–H and O–H groups in total. The molecule has 0 saturated heterocycles. The van der Waals surface area contributed by atoms with E-state index in [4.69, 9.17) is 0 Å². The number of alkyl halides is 1. The number of benzene rings is 1. The lowest BCUT2D eigenvalue weighted by Gasteiger charge is -2.14. The number of urea groups is 1. The standard InChI is InChI=1S/C15H19FN6O2/c1-11(14(23)17-8-7-16)21-15(24)18-9-13-19-10-20-22(13)12-5-3-2-4-6-12/h2-6,10-11H,7-9H2,1H3,(H,17,23)(H2,18,21,24). The maximum absolute atomic E-state index is 12.0. The number of para-hydroxylation sites is 1. The summed E-state index contributed by atoms with van der Waals surface area (Å²) < 4.78 is 13.6. The molecule has 1 heterocycles. The number of carbonyl (C=O) groups is 2. The summed E-state index contributed by atoms with van der Waals surface area (Å²) in [4.78, 5) is 27.5. The van der Waals surface area contributed by atoms with Crippen LogP contribution in [-0.2, 0) is 11.3 Å². The molecule has 9 heteroatoms. The molecule has 3 amide bonds. The summed E-state index contributed by atoms with van der Waals surface area (Å²) in [5, 5.41) is 11.6. The van der Waals surface area contributed by atoms with E-state index >= 15 is 0 Å². The van der Waals surface area contributed by atoms with Crippen molar-refractivity contribution in [1.29, 1.82) is 0 Å². The molecule has 1 aromatic heterocycles. The second-order valence-electron chi connectivity index (χ2n) is 4.95. The van der Waals surface area contributed by atoms with E-state index < -0.39 is 24.7 Å². The zero-order chi connectivity index (χ0) is 17.4. The average molecular weight is 334 g/mol. The summed E-state index contributed by atoms with van der Waals surface area (Å²) in [5.74, 6) is 0.0983. The number of nitrogens with zero attached hydrogens (tertiary/aromatic N) is 3. The Morgan fingerprint density at radius 1 is 1.25 bits per heavy atom. The van der Waals surface area contributed by atoms with Crippen LogP contribution in [0, 0.1) is 0 Å². The van der Waals surface area contributed by atoms with Crippen molar-refractivity contribution >= 4 is 11.9 Å². The van der Waals surface area contributed by atoms with Gasteiger partial charge in [0.1, 0.15) is 19.0 Å². The molecule has 0 fully saturated rings. The predicted molar refractivity (Wildman–Crippen MR) is 85.2 cm³/mol. The summed E-state index contributed by atoms with van der Waals surface area (Å²) >= 11 is 0. The lowest BCUT2D eigenvalue weighted by molar-refractivity contribution is -0.122. The molecule has 1 unspecified atom stereocenters. The van der Waals surface area contributed by atoms with E-state index in [-0.39, 0.29) is 13.1 Å². The Labute approximate surface area is 138 Å². The first kappa shape index (κ1) is 17.4. The summed E-state index contributed by atoms with van der Waals surface area (Å²) in [5.41, 5.74) is 0.825. The van der Waals surface area contributed by atoms with Gasteiger partial charge in [0.25, 0.3) is 0 Å². The van der Waals surface area contributed by atoms with Gasteiger partial charge in [-0.3, -0.25) is 4.79 Å². The number of amides is 3. The fourth-order valence-corrected chi connectivity index (χ4v) is 1.97. The summed E-state index contributed by atoms with van der Waals surface area (Å²) in [6.07, 6.45) is 1.40. The Bertz CT molecular complexity index is 676. The number of nitrogens with one attached hydrogen (secondary N) is 3. The van der Waals surface area contributed by atoms with Crippen LogP contribution in [0.5, 0.6) is 0 Å². The Morgan fingerprint density at radius 2 is 2.00 bits per heavy atom. The number of carbonyl (C=O) groups excluding carboxylic acids is 2. The number of hydrogen-bond donors (Lipinski definition) is 3. The molecule has 0 radical (unpaired) electrons. The first-order chi connectivity index (χ1) is 11.6. The van der Waals surface area contributed by atoms with Crippen LogP contribution in [0.2, 0.25) is 0 Å². The van der Waals surface area contributed by atoms with Crippen LogP contribution in [0.3, 0.4) is 0 Å². The van der Waals surface area contributed by atoms with Gasteiger partial charge in [0, 0.05) is 6.54 Å². The van der Waals surface area contributed by atoms with Crippen molar-refractivity contribution in [3.8, 4) is 5.69 Å². The highest BCUT2D eigenvalue weighted by Crippen LogP contribution is 2.07. The van der Waals surface area contributed by atoms with Gasteiger partial charge in [-0.25, -0.2) is 18.9 Å². The lowest BCUT2D eigenvalue weighted by atomic mass is 10.3. The first-order valence-electron chi connectivity index (χ1n) is 7.44. The molecule has 2 rings (SSSR count). The van der Waals surface area contributed by atoms with E-state index in [2.05, 4.69) is 26.0 Å². The van der Waals surface area contributed by atoms with E-state index in [1.165, 1.54) is 13.3 Å². The van der Waals surface area contributed by atoms with Gasteiger partial charge < -0.3 is 16.0 Å². The summed E-state index contributed by atoms with van der Waals surface area (Å²) in [6.45, 7) is 0.922. The van der Waals surface area contributed by atoms with Gasteiger partial charge >= 0.3 is 6.03 Å². The second-order valence-corrected chi connectivity index (χ2v) is 4.95. The smallest absolute Gasteiger partial charge is 0.315 e. The minimum absolute atomic E-state index is 0.0767. The third-order valence-electron chi connectivity index (χ3n) is 3.16. The fourth-order valence-electron chi connectivity index (χ4n) is 1.97. The maximum atomic E-state index is 12.0. The van der Waals surface area contributed by atoms with Crippen molar-refractivity contribution in [2.24, 2.45) is 0 Å². The third kappa shape index (κ3) is 4.77. The SMILES string of the molecule is CC(NC(=O)NCc1ncnn1-c1ccccc1)C(=O)NCCF. The van der Waals surface area contributed by atoms with Crippen LogP contribution in [-0.4, -0.2) is 46.0 Å².